The van der Waals surface area contributed by atoms with Gasteiger partial charge in [0.2, 0.25) is 11.9 Å². The first-order valence-electron chi connectivity index (χ1n) is 9.10. The number of carbonyl (C=O) groups is 1. The number of sulfonamides is 1. The van der Waals surface area contributed by atoms with Crippen LogP contribution in [0.15, 0.2) is 39.1 Å². The number of nitrogens with two attached hydrogens (primary N) is 2. The number of nitrogens with one attached hydrogen (secondary N) is 3. The Balaban J connectivity index is 2.26. The van der Waals surface area contributed by atoms with Gasteiger partial charge in [0.05, 0.1) is 20.1 Å². The first-order valence-corrected chi connectivity index (χ1v) is 11.0. The molecule has 0 fully saturated rings. The zero-order valence-corrected chi connectivity index (χ0v) is 18.8. The lowest BCUT2D eigenvalue weighted by Crippen LogP contribution is -2.30. The number of guanidine groups is 1. The number of rotatable bonds is 10. The maximum atomic E-state index is 13.0. The molecule has 0 unspecified atom stereocenters. The predicted octanol–water partition coefficient (Wildman–Crippen LogP) is 0.00982. The normalized spacial score (nSPS) is 10.8. The van der Waals surface area contributed by atoms with E-state index in [1.54, 1.807) is 6.92 Å². The van der Waals surface area contributed by atoms with Gasteiger partial charge in [-0.15, -0.1) is 0 Å². The van der Waals surface area contributed by atoms with Crippen LogP contribution in [0, 0.1) is 6.92 Å². The third kappa shape index (κ3) is 6.78. The number of anilines is 1. The van der Waals surface area contributed by atoms with Crippen LogP contribution in [0.2, 0.25) is 5.02 Å². The molecule has 12 nitrogen and oxygen atoms in total. The molecule has 2 aromatic rings. The molecule has 14 heteroatoms. The van der Waals surface area contributed by atoms with Crippen molar-refractivity contribution in [3.8, 4) is 5.75 Å². The van der Waals surface area contributed by atoms with Crippen molar-refractivity contribution in [1.29, 1.82) is 0 Å². The van der Waals surface area contributed by atoms with Gasteiger partial charge in [-0.25, -0.2) is 8.42 Å². The number of hydrogen-bond acceptors (Lipinski definition) is 7. The van der Waals surface area contributed by atoms with Crippen molar-refractivity contribution in [2.24, 2.45) is 16.6 Å². The fourth-order valence-electron chi connectivity index (χ4n) is 2.65. The fourth-order valence-corrected chi connectivity index (χ4v) is 4.19. The Morgan fingerprint density at radius 1 is 1.28 bits per heavy atom. The minimum atomic E-state index is -4.27. The van der Waals surface area contributed by atoms with Crippen molar-refractivity contribution in [3.63, 3.8) is 0 Å². The number of aromatic amines is 1. The summed E-state index contributed by atoms with van der Waals surface area (Å²) in [5, 5.41) is 6.02. The molecule has 0 saturated carbocycles. The first kappa shape index (κ1) is 24.8. The molecule has 0 spiro atoms. The number of nitrogens with zero attached hydrogens (tertiary/aromatic N) is 1. The van der Waals surface area contributed by atoms with Crippen molar-refractivity contribution >= 4 is 39.2 Å². The molecule has 0 atom stereocenters. The van der Waals surface area contributed by atoms with Gasteiger partial charge in [0.25, 0.3) is 15.6 Å². The molecule has 0 aliphatic rings. The largest absolute Gasteiger partial charge is 0.495 e. The van der Waals surface area contributed by atoms with Gasteiger partial charge >= 0.3 is 0 Å². The van der Waals surface area contributed by atoms with Crippen LogP contribution in [0.4, 0.5) is 5.69 Å². The number of carbonyl (C=O) groups excluding carboxylic acids is 1. The maximum Gasteiger partial charge on any atom is 0.272 e. The molecule has 0 bridgehead atoms. The standard InChI is InChI=1S/C18H23ClN6O6S/c1-10-7-11(8-15(26)22-5-6-31-24-18(20)21)16(17(27)23-10)25-32(28,29)14-9-12(19)3-4-13(14)30-2/h3-4,7,9,25H,5-6,8H2,1-2H3,(H,22,26)(H,23,27)(H4,20,21,24). The fraction of sp³-hybridized carbons (Fsp3) is 0.278. The van der Waals surface area contributed by atoms with Crippen molar-refractivity contribution < 1.29 is 22.8 Å². The summed E-state index contributed by atoms with van der Waals surface area (Å²) in [5.41, 5.74) is 9.82. The molecular weight excluding hydrogens is 464 g/mol. The number of methoxy groups -OCH3 is 1. The van der Waals surface area contributed by atoms with Crippen LogP contribution in [-0.2, 0) is 26.1 Å². The molecule has 1 heterocycles. The van der Waals surface area contributed by atoms with Crippen molar-refractivity contribution in [2.75, 3.05) is 25.0 Å². The summed E-state index contributed by atoms with van der Waals surface area (Å²) in [6.07, 6.45) is -0.280. The average Bonchev–Trinajstić information content (AvgIpc) is 2.70. The lowest BCUT2D eigenvalue weighted by atomic mass is 10.1. The summed E-state index contributed by atoms with van der Waals surface area (Å²) < 4.78 is 33.2. The van der Waals surface area contributed by atoms with E-state index in [4.69, 9.17) is 32.6 Å². The number of halogens is 1. The second kappa shape index (κ2) is 10.7. The summed E-state index contributed by atoms with van der Waals surface area (Å²) in [7, 11) is -2.98. The van der Waals surface area contributed by atoms with E-state index >= 15 is 0 Å². The minimum absolute atomic E-state index is 0.00604. The van der Waals surface area contributed by atoms with Crippen LogP contribution in [0.25, 0.3) is 0 Å². The highest BCUT2D eigenvalue weighted by molar-refractivity contribution is 7.92. The number of benzene rings is 1. The number of aromatic nitrogens is 1. The Morgan fingerprint density at radius 3 is 2.66 bits per heavy atom. The smallest absolute Gasteiger partial charge is 0.272 e. The number of hydrogen-bond donors (Lipinski definition) is 5. The van der Waals surface area contributed by atoms with E-state index in [0.29, 0.717) is 5.69 Å². The quantitative estimate of drug-likeness (QED) is 0.134. The predicted molar refractivity (Wildman–Crippen MR) is 119 cm³/mol. The van der Waals surface area contributed by atoms with Crippen molar-refractivity contribution in [3.05, 3.63) is 50.9 Å². The molecule has 0 radical (unpaired) electrons. The minimum Gasteiger partial charge on any atom is -0.495 e. The van der Waals surface area contributed by atoms with Gasteiger partial charge in [-0.1, -0.05) is 11.6 Å². The molecule has 1 aromatic carbocycles. The Kier molecular flexibility index (Phi) is 8.32. The van der Waals surface area contributed by atoms with Crippen molar-refractivity contribution in [2.45, 2.75) is 18.2 Å². The van der Waals surface area contributed by atoms with Gasteiger partial charge in [-0.2, -0.15) is 0 Å². The number of ether oxygens (including phenoxy) is 1. The highest BCUT2D eigenvalue weighted by Gasteiger charge is 2.24. The Bertz CT molecular complexity index is 1180. The molecule has 32 heavy (non-hydrogen) atoms. The molecule has 2 rings (SSSR count). The zero-order valence-electron chi connectivity index (χ0n) is 17.3. The molecule has 0 saturated heterocycles. The van der Waals surface area contributed by atoms with Crippen LogP contribution >= 0.6 is 11.6 Å². The van der Waals surface area contributed by atoms with E-state index in [1.165, 1.54) is 31.4 Å². The van der Waals surface area contributed by atoms with Gasteiger partial charge in [0.1, 0.15) is 22.9 Å². The van der Waals surface area contributed by atoms with Gasteiger partial charge in [-0.05, 0) is 41.9 Å². The highest BCUT2D eigenvalue weighted by atomic mass is 35.5. The van der Waals surface area contributed by atoms with E-state index in [-0.39, 0.29) is 52.5 Å². The number of pyridine rings is 1. The van der Waals surface area contributed by atoms with Crippen LogP contribution in [0.1, 0.15) is 11.3 Å². The molecule has 7 N–H and O–H groups in total. The molecular formula is C18H23ClN6O6S. The van der Waals surface area contributed by atoms with Crippen molar-refractivity contribution in [1.82, 2.24) is 10.3 Å². The molecule has 0 aliphatic heterocycles. The molecule has 1 amide bonds. The van der Waals surface area contributed by atoms with Gasteiger partial charge in [-0.3, -0.25) is 14.3 Å². The Labute approximate surface area is 189 Å². The summed E-state index contributed by atoms with van der Waals surface area (Å²) >= 11 is 5.92. The zero-order chi connectivity index (χ0) is 23.9. The number of H-pyrrole nitrogens is 1. The second-order valence-corrected chi connectivity index (χ2v) is 8.55. The van der Waals surface area contributed by atoms with E-state index in [0.717, 1.165) is 0 Å². The monoisotopic (exact) mass is 486 g/mol. The molecule has 0 aliphatic carbocycles. The third-order valence-corrected chi connectivity index (χ3v) is 5.54. The van der Waals surface area contributed by atoms with Crippen LogP contribution in [-0.4, -0.2) is 45.5 Å². The number of oxime groups is 1. The molecule has 1 aromatic heterocycles. The first-order chi connectivity index (χ1) is 15.0. The van der Waals surface area contributed by atoms with E-state index in [9.17, 15) is 18.0 Å². The Morgan fingerprint density at radius 2 is 2.00 bits per heavy atom. The van der Waals surface area contributed by atoms with Gasteiger partial charge in [0, 0.05) is 10.7 Å². The van der Waals surface area contributed by atoms with Crippen LogP contribution in [0.5, 0.6) is 5.75 Å². The lowest BCUT2D eigenvalue weighted by Gasteiger charge is -2.15. The number of aryl methyl sites for hydroxylation is 1. The SMILES string of the molecule is COc1ccc(Cl)cc1S(=O)(=O)Nc1c(CC(=O)NCCON=C(N)N)cc(C)[nH]c1=O. The van der Waals surface area contributed by atoms with E-state index < -0.39 is 21.5 Å². The third-order valence-electron chi connectivity index (χ3n) is 3.94. The van der Waals surface area contributed by atoms with Crippen LogP contribution in [0.3, 0.4) is 0 Å². The van der Waals surface area contributed by atoms with Crippen LogP contribution < -0.4 is 31.8 Å². The van der Waals surface area contributed by atoms with Gasteiger partial charge in [0.15, 0.2) is 0 Å². The van der Waals surface area contributed by atoms with E-state index in [2.05, 4.69) is 20.2 Å². The molecule has 174 valence electrons. The van der Waals surface area contributed by atoms with E-state index in [1.807, 2.05) is 0 Å². The second-order valence-electron chi connectivity index (χ2n) is 6.46. The number of amides is 1. The average molecular weight is 487 g/mol. The van der Waals surface area contributed by atoms with Gasteiger partial charge < -0.3 is 31.3 Å². The Hall–Kier alpha value is -3.45. The summed E-state index contributed by atoms with van der Waals surface area (Å²) in [4.78, 5) is 31.8. The summed E-state index contributed by atoms with van der Waals surface area (Å²) in [5.74, 6) is -0.710. The lowest BCUT2D eigenvalue weighted by molar-refractivity contribution is -0.120. The highest BCUT2D eigenvalue weighted by Crippen LogP contribution is 2.29. The maximum absolute atomic E-state index is 13.0. The summed E-state index contributed by atoms with van der Waals surface area (Å²) in [6.45, 7) is 1.69. The topological polar surface area (TPSA) is 191 Å². The summed E-state index contributed by atoms with van der Waals surface area (Å²) in [6, 6.07) is 5.53.